The van der Waals surface area contributed by atoms with Crippen molar-refractivity contribution >= 4 is 17.8 Å². The zero-order valence-corrected chi connectivity index (χ0v) is 9.39. The number of amides is 2. The fourth-order valence-electron chi connectivity index (χ4n) is 1.95. The number of carbonyl (C=O) groups is 3. The number of nitrogens with one attached hydrogen (secondary N) is 1. The maximum atomic E-state index is 11.7. The minimum absolute atomic E-state index is 0.00910. The molecule has 0 aliphatic heterocycles. The van der Waals surface area contributed by atoms with Gasteiger partial charge in [-0.15, -0.1) is 0 Å². The summed E-state index contributed by atoms with van der Waals surface area (Å²) in [6.45, 7) is 0. The first-order valence-corrected chi connectivity index (χ1v) is 5.47. The second-order valence-corrected chi connectivity index (χ2v) is 4.34. The zero-order chi connectivity index (χ0) is 13.0. The van der Waals surface area contributed by atoms with Crippen molar-refractivity contribution in [1.29, 1.82) is 0 Å². The minimum atomic E-state index is -1.26. The van der Waals surface area contributed by atoms with E-state index >= 15 is 0 Å². The lowest BCUT2D eigenvalue weighted by Gasteiger charge is -2.16. The Labute approximate surface area is 98.5 Å². The van der Waals surface area contributed by atoms with Crippen LogP contribution in [0, 0.1) is 5.92 Å². The lowest BCUT2D eigenvalue weighted by atomic mass is 10.1. The van der Waals surface area contributed by atoms with Crippen LogP contribution in [0.3, 0.4) is 0 Å². The van der Waals surface area contributed by atoms with Crippen LogP contribution in [0.5, 0.6) is 0 Å². The molecule has 2 amide bonds. The number of carboxylic acid groups (broad SMARTS) is 1. The molecule has 0 heterocycles. The third kappa shape index (κ3) is 4.03. The fourth-order valence-corrected chi connectivity index (χ4v) is 1.95. The van der Waals surface area contributed by atoms with Crippen LogP contribution in [-0.4, -0.2) is 35.0 Å². The number of carbonyl (C=O) groups excluding carboxylic acids is 2. The van der Waals surface area contributed by atoms with Gasteiger partial charge in [0.25, 0.3) is 0 Å². The SMILES string of the molecule is NC(=O)C[C@H](NC(=O)C1CCC(N)C1)C(=O)O. The summed E-state index contributed by atoms with van der Waals surface area (Å²) in [4.78, 5) is 33.2. The molecule has 1 rings (SSSR count). The van der Waals surface area contributed by atoms with E-state index in [4.69, 9.17) is 16.6 Å². The van der Waals surface area contributed by atoms with Crippen molar-refractivity contribution in [1.82, 2.24) is 5.32 Å². The molecule has 17 heavy (non-hydrogen) atoms. The lowest BCUT2D eigenvalue weighted by molar-refractivity contribution is -0.143. The van der Waals surface area contributed by atoms with Gasteiger partial charge in [0.2, 0.25) is 11.8 Å². The highest BCUT2D eigenvalue weighted by Crippen LogP contribution is 2.24. The van der Waals surface area contributed by atoms with Gasteiger partial charge in [-0.2, -0.15) is 0 Å². The summed E-state index contributed by atoms with van der Waals surface area (Å²) in [5.41, 5.74) is 10.6. The number of nitrogens with two attached hydrogens (primary N) is 2. The molecule has 96 valence electrons. The third-order valence-electron chi connectivity index (χ3n) is 2.86. The van der Waals surface area contributed by atoms with Crippen LogP contribution in [0.15, 0.2) is 0 Å². The molecule has 7 heteroatoms. The molecule has 0 bridgehead atoms. The Balaban J connectivity index is 2.52. The summed E-state index contributed by atoms with van der Waals surface area (Å²) in [5.74, 6) is -2.66. The number of primary amides is 1. The molecule has 0 saturated heterocycles. The molecule has 3 atom stereocenters. The third-order valence-corrected chi connectivity index (χ3v) is 2.86. The van der Waals surface area contributed by atoms with Gasteiger partial charge in [-0.1, -0.05) is 0 Å². The van der Waals surface area contributed by atoms with Crippen molar-refractivity contribution in [2.75, 3.05) is 0 Å². The standard InChI is InChI=1S/C10H17N3O4/c11-6-2-1-5(3-6)9(15)13-7(10(16)17)4-8(12)14/h5-7H,1-4,11H2,(H2,12,14)(H,13,15)(H,16,17)/t5?,6?,7-/m0/s1. The molecule has 2 unspecified atom stereocenters. The number of rotatable bonds is 5. The van der Waals surface area contributed by atoms with E-state index in [0.717, 1.165) is 6.42 Å². The van der Waals surface area contributed by atoms with E-state index in [0.29, 0.717) is 12.8 Å². The van der Waals surface area contributed by atoms with Crippen LogP contribution in [-0.2, 0) is 14.4 Å². The van der Waals surface area contributed by atoms with Crippen LogP contribution < -0.4 is 16.8 Å². The molecule has 1 aliphatic carbocycles. The predicted octanol–water partition coefficient (Wildman–Crippen LogP) is -1.44. The van der Waals surface area contributed by atoms with E-state index in [1.807, 2.05) is 0 Å². The monoisotopic (exact) mass is 243 g/mol. The first kappa shape index (κ1) is 13.4. The highest BCUT2D eigenvalue weighted by atomic mass is 16.4. The topological polar surface area (TPSA) is 136 Å². The van der Waals surface area contributed by atoms with Gasteiger partial charge in [0, 0.05) is 12.0 Å². The minimum Gasteiger partial charge on any atom is -0.480 e. The van der Waals surface area contributed by atoms with Gasteiger partial charge in [0.1, 0.15) is 6.04 Å². The van der Waals surface area contributed by atoms with Gasteiger partial charge in [0.15, 0.2) is 0 Å². The first-order valence-electron chi connectivity index (χ1n) is 5.47. The summed E-state index contributed by atoms with van der Waals surface area (Å²) < 4.78 is 0. The second kappa shape index (κ2) is 5.62. The molecule has 0 aromatic carbocycles. The summed E-state index contributed by atoms with van der Waals surface area (Å²) in [6.07, 6.45) is 1.55. The largest absolute Gasteiger partial charge is 0.480 e. The molecule has 6 N–H and O–H groups in total. The molecule has 0 spiro atoms. The van der Waals surface area contributed by atoms with Crippen molar-refractivity contribution in [2.24, 2.45) is 17.4 Å². The molecule has 0 radical (unpaired) electrons. The fraction of sp³-hybridized carbons (Fsp3) is 0.700. The van der Waals surface area contributed by atoms with Crippen LogP contribution in [0.4, 0.5) is 0 Å². The molecule has 1 aliphatic rings. The van der Waals surface area contributed by atoms with Crippen LogP contribution in [0.1, 0.15) is 25.7 Å². The van der Waals surface area contributed by atoms with E-state index in [-0.39, 0.29) is 17.9 Å². The Morgan fingerprint density at radius 1 is 1.35 bits per heavy atom. The van der Waals surface area contributed by atoms with Gasteiger partial charge in [-0.05, 0) is 19.3 Å². The van der Waals surface area contributed by atoms with Crippen molar-refractivity contribution in [3.8, 4) is 0 Å². The predicted molar refractivity (Wildman–Crippen MR) is 58.7 cm³/mol. The highest BCUT2D eigenvalue weighted by molar-refractivity contribution is 5.89. The smallest absolute Gasteiger partial charge is 0.326 e. The Morgan fingerprint density at radius 3 is 2.41 bits per heavy atom. The van der Waals surface area contributed by atoms with Gasteiger partial charge in [0.05, 0.1) is 6.42 Å². The first-order chi connectivity index (χ1) is 7.90. The molecule has 1 fully saturated rings. The van der Waals surface area contributed by atoms with Crippen LogP contribution >= 0.6 is 0 Å². The maximum absolute atomic E-state index is 11.7. The number of hydrogen-bond acceptors (Lipinski definition) is 4. The lowest BCUT2D eigenvalue weighted by Crippen LogP contribution is -2.45. The summed E-state index contributed by atoms with van der Waals surface area (Å²) in [5, 5.41) is 11.1. The summed E-state index contributed by atoms with van der Waals surface area (Å²) >= 11 is 0. The van der Waals surface area contributed by atoms with E-state index in [2.05, 4.69) is 5.32 Å². The summed E-state index contributed by atoms with van der Waals surface area (Å²) in [7, 11) is 0. The van der Waals surface area contributed by atoms with E-state index in [1.54, 1.807) is 0 Å². The van der Waals surface area contributed by atoms with Crippen molar-refractivity contribution < 1.29 is 19.5 Å². The molecule has 7 nitrogen and oxygen atoms in total. The Bertz CT molecular complexity index is 332. The molecule has 0 aromatic rings. The molecular weight excluding hydrogens is 226 g/mol. The quantitative estimate of drug-likeness (QED) is 0.469. The van der Waals surface area contributed by atoms with Crippen molar-refractivity contribution in [3.63, 3.8) is 0 Å². The average molecular weight is 243 g/mol. The van der Waals surface area contributed by atoms with Crippen molar-refractivity contribution in [3.05, 3.63) is 0 Å². The maximum Gasteiger partial charge on any atom is 0.326 e. The van der Waals surface area contributed by atoms with Crippen LogP contribution in [0.25, 0.3) is 0 Å². The molecule has 1 saturated carbocycles. The van der Waals surface area contributed by atoms with E-state index in [1.165, 1.54) is 0 Å². The number of aliphatic carboxylic acids is 1. The van der Waals surface area contributed by atoms with E-state index in [9.17, 15) is 14.4 Å². The zero-order valence-electron chi connectivity index (χ0n) is 9.39. The van der Waals surface area contributed by atoms with Gasteiger partial charge >= 0.3 is 5.97 Å². The van der Waals surface area contributed by atoms with Gasteiger partial charge in [-0.3, -0.25) is 9.59 Å². The van der Waals surface area contributed by atoms with Gasteiger partial charge < -0.3 is 21.9 Å². The number of carboxylic acids is 1. The average Bonchev–Trinajstić information content (AvgIpc) is 2.63. The Hall–Kier alpha value is -1.63. The Morgan fingerprint density at radius 2 is 2.00 bits per heavy atom. The van der Waals surface area contributed by atoms with E-state index < -0.39 is 24.3 Å². The second-order valence-electron chi connectivity index (χ2n) is 4.34. The van der Waals surface area contributed by atoms with Gasteiger partial charge in [-0.25, -0.2) is 4.79 Å². The normalized spacial score (nSPS) is 25.2. The summed E-state index contributed by atoms with van der Waals surface area (Å²) in [6, 6.07) is -1.26. The number of hydrogen-bond donors (Lipinski definition) is 4. The highest BCUT2D eigenvalue weighted by Gasteiger charge is 2.31. The molecule has 0 aromatic heterocycles. The molecular formula is C10H17N3O4. The van der Waals surface area contributed by atoms with Crippen molar-refractivity contribution in [2.45, 2.75) is 37.8 Å². The van der Waals surface area contributed by atoms with Crippen LogP contribution in [0.2, 0.25) is 0 Å². The Kier molecular flexibility index (Phi) is 4.45.